The molecule has 0 heterocycles. The number of hydrogen-bond acceptors (Lipinski definition) is 2. The van der Waals surface area contributed by atoms with Crippen molar-refractivity contribution in [2.45, 2.75) is 11.8 Å². The molecule has 5 heteroatoms. The average molecular weight is 293 g/mol. The van der Waals surface area contributed by atoms with Crippen LogP contribution >= 0.6 is 11.8 Å². The fourth-order valence-electron chi connectivity index (χ4n) is 1.64. The molecule has 0 radical (unpaired) electrons. The molecule has 0 unspecified atom stereocenters. The summed E-state index contributed by atoms with van der Waals surface area (Å²) in [7, 11) is 0. The van der Waals surface area contributed by atoms with E-state index in [2.05, 4.69) is 5.32 Å². The molecule has 2 aromatic rings. The number of benzene rings is 2. The van der Waals surface area contributed by atoms with Crippen LogP contribution in [0.2, 0.25) is 0 Å². The maximum atomic E-state index is 13.0. The largest absolute Gasteiger partial charge is 0.325 e. The zero-order valence-electron chi connectivity index (χ0n) is 10.8. The van der Waals surface area contributed by atoms with Gasteiger partial charge in [0.2, 0.25) is 5.91 Å². The number of amides is 1. The zero-order chi connectivity index (χ0) is 14.5. The topological polar surface area (TPSA) is 29.1 Å². The molecule has 0 aliphatic heterocycles. The minimum Gasteiger partial charge on any atom is -0.325 e. The van der Waals surface area contributed by atoms with E-state index in [1.54, 1.807) is 6.07 Å². The van der Waals surface area contributed by atoms with Gasteiger partial charge in [-0.15, -0.1) is 11.8 Å². The molecule has 1 amide bonds. The monoisotopic (exact) mass is 293 g/mol. The molecule has 104 valence electrons. The van der Waals surface area contributed by atoms with Crippen LogP contribution in [0.25, 0.3) is 0 Å². The van der Waals surface area contributed by atoms with Gasteiger partial charge in [0.15, 0.2) is 11.6 Å². The Morgan fingerprint density at radius 3 is 2.65 bits per heavy atom. The summed E-state index contributed by atoms with van der Waals surface area (Å²) in [4.78, 5) is 12.3. The molecule has 0 fully saturated rings. The highest BCUT2D eigenvalue weighted by atomic mass is 32.2. The van der Waals surface area contributed by atoms with Crippen LogP contribution in [-0.4, -0.2) is 11.7 Å². The highest BCUT2D eigenvalue weighted by molar-refractivity contribution is 8.00. The maximum Gasteiger partial charge on any atom is 0.234 e. The number of aryl methyl sites for hydroxylation is 1. The summed E-state index contributed by atoms with van der Waals surface area (Å²) in [6.45, 7) is 1.94. The van der Waals surface area contributed by atoms with Gasteiger partial charge in [-0.3, -0.25) is 4.79 Å². The van der Waals surface area contributed by atoms with Crippen molar-refractivity contribution in [3.63, 3.8) is 0 Å². The van der Waals surface area contributed by atoms with E-state index in [9.17, 15) is 13.6 Å². The Bertz CT molecular complexity index is 631. The van der Waals surface area contributed by atoms with Gasteiger partial charge in [-0.1, -0.05) is 12.1 Å². The van der Waals surface area contributed by atoms with Crippen molar-refractivity contribution in [1.29, 1.82) is 0 Å². The van der Waals surface area contributed by atoms with Crippen molar-refractivity contribution in [2.75, 3.05) is 11.1 Å². The predicted molar refractivity (Wildman–Crippen MR) is 76.9 cm³/mol. The Kier molecular flexibility index (Phi) is 4.74. The summed E-state index contributed by atoms with van der Waals surface area (Å²) in [6.07, 6.45) is 0. The van der Waals surface area contributed by atoms with Crippen molar-refractivity contribution in [3.05, 3.63) is 59.7 Å². The van der Waals surface area contributed by atoms with E-state index in [0.717, 1.165) is 35.1 Å². The number of nitrogens with one attached hydrogen (secondary N) is 1. The second-order valence-electron chi connectivity index (χ2n) is 4.28. The van der Waals surface area contributed by atoms with Crippen molar-refractivity contribution >= 4 is 23.4 Å². The van der Waals surface area contributed by atoms with Crippen molar-refractivity contribution in [1.82, 2.24) is 0 Å². The quantitative estimate of drug-likeness (QED) is 0.863. The molecular formula is C15H13F2NOS. The van der Waals surface area contributed by atoms with E-state index in [1.807, 2.05) is 25.1 Å². The Morgan fingerprint density at radius 1 is 1.15 bits per heavy atom. The standard InChI is InChI=1S/C15H13F2NOS/c1-10-3-2-4-11(7-10)18-15(19)9-20-12-5-6-13(16)14(17)8-12/h2-8H,9H2,1H3,(H,18,19). The first-order chi connectivity index (χ1) is 9.54. The third-order valence-corrected chi connectivity index (χ3v) is 3.56. The zero-order valence-corrected chi connectivity index (χ0v) is 11.6. The molecular weight excluding hydrogens is 280 g/mol. The molecule has 0 spiro atoms. The van der Waals surface area contributed by atoms with Gasteiger partial charge >= 0.3 is 0 Å². The van der Waals surface area contributed by atoms with Crippen LogP contribution in [0.3, 0.4) is 0 Å². The number of rotatable bonds is 4. The summed E-state index contributed by atoms with van der Waals surface area (Å²) in [5, 5.41) is 2.75. The van der Waals surface area contributed by atoms with Gasteiger partial charge in [-0.25, -0.2) is 8.78 Å². The van der Waals surface area contributed by atoms with Crippen LogP contribution in [0.5, 0.6) is 0 Å². The number of halogens is 2. The fourth-order valence-corrected chi connectivity index (χ4v) is 2.36. The van der Waals surface area contributed by atoms with E-state index in [0.29, 0.717) is 4.90 Å². The molecule has 0 aliphatic carbocycles. The third kappa shape index (κ3) is 4.06. The van der Waals surface area contributed by atoms with Crippen molar-refractivity contribution in [2.24, 2.45) is 0 Å². The van der Waals surface area contributed by atoms with E-state index in [-0.39, 0.29) is 11.7 Å². The summed E-state index contributed by atoms with van der Waals surface area (Å²) < 4.78 is 25.8. The first-order valence-electron chi connectivity index (χ1n) is 5.99. The fraction of sp³-hybridized carbons (Fsp3) is 0.133. The van der Waals surface area contributed by atoms with Gasteiger partial charge in [-0.05, 0) is 42.8 Å². The lowest BCUT2D eigenvalue weighted by Gasteiger charge is -2.06. The van der Waals surface area contributed by atoms with Crippen LogP contribution in [0.1, 0.15) is 5.56 Å². The number of hydrogen-bond donors (Lipinski definition) is 1. The van der Waals surface area contributed by atoms with Crippen molar-refractivity contribution in [3.8, 4) is 0 Å². The Morgan fingerprint density at radius 2 is 1.95 bits per heavy atom. The molecule has 2 aromatic carbocycles. The van der Waals surface area contributed by atoms with Crippen LogP contribution in [0, 0.1) is 18.6 Å². The highest BCUT2D eigenvalue weighted by Gasteiger charge is 2.06. The minimum atomic E-state index is -0.908. The lowest BCUT2D eigenvalue weighted by atomic mass is 10.2. The first-order valence-corrected chi connectivity index (χ1v) is 6.97. The summed E-state index contributed by atoms with van der Waals surface area (Å²) in [6, 6.07) is 11.0. The average Bonchev–Trinajstić information content (AvgIpc) is 2.40. The van der Waals surface area contributed by atoms with Crippen LogP contribution in [-0.2, 0) is 4.79 Å². The summed E-state index contributed by atoms with van der Waals surface area (Å²) in [5.74, 6) is -1.85. The molecule has 20 heavy (non-hydrogen) atoms. The van der Waals surface area contributed by atoms with Gasteiger partial charge in [0.05, 0.1) is 5.75 Å². The predicted octanol–water partition coefficient (Wildman–Crippen LogP) is 4.00. The van der Waals surface area contributed by atoms with Gasteiger partial charge in [-0.2, -0.15) is 0 Å². The minimum absolute atomic E-state index is 0.138. The molecule has 1 N–H and O–H groups in total. The number of thioether (sulfide) groups is 1. The van der Waals surface area contributed by atoms with E-state index in [1.165, 1.54) is 6.07 Å². The molecule has 0 saturated heterocycles. The SMILES string of the molecule is Cc1cccc(NC(=O)CSc2ccc(F)c(F)c2)c1. The second kappa shape index (κ2) is 6.52. The smallest absolute Gasteiger partial charge is 0.234 e. The highest BCUT2D eigenvalue weighted by Crippen LogP contribution is 2.20. The normalized spacial score (nSPS) is 10.3. The molecule has 0 bridgehead atoms. The van der Waals surface area contributed by atoms with E-state index in [4.69, 9.17) is 0 Å². The van der Waals surface area contributed by atoms with Gasteiger partial charge in [0.25, 0.3) is 0 Å². The molecule has 0 aliphatic rings. The molecule has 2 rings (SSSR count). The third-order valence-electron chi connectivity index (χ3n) is 2.56. The number of carbonyl (C=O) groups is 1. The van der Waals surface area contributed by atoms with E-state index >= 15 is 0 Å². The number of anilines is 1. The Balaban J connectivity index is 1.90. The molecule has 0 saturated carbocycles. The first kappa shape index (κ1) is 14.5. The second-order valence-corrected chi connectivity index (χ2v) is 5.33. The molecule has 0 atom stereocenters. The molecule has 2 nitrogen and oxygen atoms in total. The number of carbonyl (C=O) groups excluding carboxylic acids is 1. The summed E-state index contributed by atoms with van der Waals surface area (Å²) in [5.41, 5.74) is 1.77. The van der Waals surface area contributed by atoms with Crippen molar-refractivity contribution < 1.29 is 13.6 Å². The van der Waals surface area contributed by atoms with Crippen LogP contribution in [0.15, 0.2) is 47.4 Å². The lowest BCUT2D eigenvalue weighted by Crippen LogP contribution is -2.13. The van der Waals surface area contributed by atoms with Crippen LogP contribution in [0.4, 0.5) is 14.5 Å². The van der Waals surface area contributed by atoms with Gasteiger partial charge in [0, 0.05) is 10.6 Å². The Labute approximate surface area is 120 Å². The van der Waals surface area contributed by atoms with Gasteiger partial charge < -0.3 is 5.32 Å². The van der Waals surface area contributed by atoms with Crippen LogP contribution < -0.4 is 5.32 Å². The van der Waals surface area contributed by atoms with Gasteiger partial charge in [0.1, 0.15) is 0 Å². The Hall–Kier alpha value is -1.88. The maximum absolute atomic E-state index is 13.0. The summed E-state index contributed by atoms with van der Waals surface area (Å²) >= 11 is 1.16. The van der Waals surface area contributed by atoms with E-state index < -0.39 is 11.6 Å². The lowest BCUT2D eigenvalue weighted by molar-refractivity contribution is -0.113. The molecule has 0 aromatic heterocycles.